The molecule has 2 aliphatic carbocycles. The number of hydrogen-bond donors (Lipinski definition) is 3. The highest BCUT2D eigenvalue weighted by Crippen LogP contribution is 2.45. The van der Waals surface area contributed by atoms with Crippen molar-refractivity contribution in [1.82, 2.24) is 20.5 Å². The summed E-state index contributed by atoms with van der Waals surface area (Å²) in [5.74, 6) is 0.281. The van der Waals surface area contributed by atoms with Crippen molar-refractivity contribution < 1.29 is 23.9 Å². The summed E-state index contributed by atoms with van der Waals surface area (Å²) >= 11 is 0. The molecule has 4 N–H and O–H groups in total. The second kappa shape index (κ2) is 15.6. The van der Waals surface area contributed by atoms with Gasteiger partial charge >= 0.3 is 0 Å². The van der Waals surface area contributed by atoms with Gasteiger partial charge in [0, 0.05) is 35.4 Å². The summed E-state index contributed by atoms with van der Waals surface area (Å²) in [6, 6.07) is 14.8. The highest BCUT2D eigenvalue weighted by molar-refractivity contribution is 5.97. The molecular weight excluding hydrogens is 691 g/mol. The predicted octanol–water partition coefficient (Wildman–Crippen LogP) is 6.88. The van der Waals surface area contributed by atoms with E-state index < -0.39 is 35.0 Å². The van der Waals surface area contributed by atoms with Crippen molar-refractivity contribution in [2.45, 2.75) is 121 Å². The minimum Gasteiger partial charge on any atom is -0.496 e. The quantitative estimate of drug-likeness (QED) is 0.224. The molecule has 10 heteroatoms. The number of rotatable bonds is 7. The fraction of sp³-hybridized carbons (Fsp3) is 0.556. The molecule has 10 nitrogen and oxygen atoms in total. The molecule has 2 aliphatic heterocycles. The molecule has 3 heterocycles. The minimum atomic E-state index is -1.20. The van der Waals surface area contributed by atoms with E-state index in [0.29, 0.717) is 18.7 Å². The number of nitrogens with zero attached hydrogens (tertiary/aromatic N) is 2. The van der Waals surface area contributed by atoms with E-state index in [1.165, 1.54) is 6.42 Å². The van der Waals surface area contributed by atoms with E-state index in [-0.39, 0.29) is 36.1 Å². The van der Waals surface area contributed by atoms with Crippen LogP contribution in [0.3, 0.4) is 0 Å². The number of carbonyl (C=O) groups excluding carboxylic acids is 3. The van der Waals surface area contributed by atoms with E-state index in [9.17, 15) is 9.59 Å². The van der Waals surface area contributed by atoms with Crippen LogP contribution >= 0.6 is 0 Å². The lowest BCUT2D eigenvalue weighted by Gasteiger charge is -2.35. The maximum atomic E-state index is 15.1. The average molecular weight is 750 g/mol. The summed E-state index contributed by atoms with van der Waals surface area (Å²) in [5, 5.41) is 7.57. The highest BCUT2D eigenvalue weighted by atomic mass is 16.5. The van der Waals surface area contributed by atoms with Crippen molar-refractivity contribution >= 4 is 28.6 Å². The topological polar surface area (TPSA) is 136 Å². The lowest BCUT2D eigenvalue weighted by atomic mass is 9.81. The van der Waals surface area contributed by atoms with E-state index in [0.717, 1.165) is 91.3 Å². The molecule has 3 amide bonds. The summed E-state index contributed by atoms with van der Waals surface area (Å²) in [7, 11) is 1.71. The Bertz CT molecular complexity index is 1930. The summed E-state index contributed by atoms with van der Waals surface area (Å²) in [6.45, 7) is 11.4. The molecule has 1 unspecified atom stereocenters. The Balaban J connectivity index is 1.33. The van der Waals surface area contributed by atoms with Crippen molar-refractivity contribution in [3.05, 3.63) is 66.7 Å². The van der Waals surface area contributed by atoms with Crippen molar-refractivity contribution in [3.8, 4) is 22.8 Å². The molecule has 2 saturated carbocycles. The van der Waals surface area contributed by atoms with Crippen LogP contribution in [0.4, 0.5) is 0 Å². The standard InChI is InChI=1S/C45H59N5O5/c1-6-32-26-45(32,42(46)53)49-40(51)36-27-44(4)28-50(36)41(52)39(30-17-11-8-12-18-30)47-22-14-21-43(2,3)20-13-19-31-23-33-35(25-37(31)54-5)48-34(24-38(33)55-44)29-15-9-7-10-16-29/h6-7,9-10,15-16,23-25,30,32,36,39,47H,1,8,11-14,17-22,26-28H2,2-5H3,(H2,46,53)(H,49,51)/t32-,36+,39+,44?,45-/m1/s1. The lowest BCUT2D eigenvalue weighted by Crippen LogP contribution is -2.58. The first-order valence-corrected chi connectivity index (χ1v) is 20.4. The van der Waals surface area contributed by atoms with Gasteiger partial charge in [-0.1, -0.05) is 69.5 Å². The van der Waals surface area contributed by atoms with Crippen LogP contribution in [0.25, 0.3) is 22.2 Å². The zero-order valence-electron chi connectivity index (χ0n) is 33.1. The zero-order valence-corrected chi connectivity index (χ0v) is 33.1. The fourth-order valence-corrected chi connectivity index (χ4v) is 9.53. The first-order chi connectivity index (χ1) is 26.3. The van der Waals surface area contributed by atoms with Crippen molar-refractivity contribution in [1.29, 1.82) is 0 Å². The number of aromatic nitrogens is 1. The number of ether oxygens (including phenoxy) is 2. The molecule has 1 aromatic heterocycles. The summed E-state index contributed by atoms with van der Waals surface area (Å²) < 4.78 is 13.1. The number of amides is 3. The molecule has 0 radical (unpaired) electrons. The maximum Gasteiger partial charge on any atom is 0.243 e. The van der Waals surface area contributed by atoms with Crippen molar-refractivity contribution in [2.75, 3.05) is 20.2 Å². The fourth-order valence-electron chi connectivity index (χ4n) is 9.53. The molecule has 4 bridgehead atoms. The monoisotopic (exact) mass is 749 g/mol. The lowest BCUT2D eigenvalue weighted by molar-refractivity contribution is -0.142. The van der Waals surface area contributed by atoms with E-state index in [4.69, 9.17) is 20.2 Å². The van der Waals surface area contributed by atoms with Gasteiger partial charge in [-0.3, -0.25) is 14.4 Å². The Morgan fingerprint density at radius 3 is 2.47 bits per heavy atom. The Labute approximate surface area is 326 Å². The van der Waals surface area contributed by atoms with Gasteiger partial charge in [0.2, 0.25) is 17.7 Å². The number of hydrogen-bond acceptors (Lipinski definition) is 7. The van der Waals surface area contributed by atoms with E-state index in [1.54, 1.807) is 18.1 Å². The van der Waals surface area contributed by atoms with Crippen molar-refractivity contribution in [2.24, 2.45) is 23.0 Å². The smallest absolute Gasteiger partial charge is 0.243 e. The van der Waals surface area contributed by atoms with Crippen LogP contribution in [-0.4, -0.2) is 71.0 Å². The zero-order chi connectivity index (χ0) is 39.0. The number of aryl methyl sites for hydroxylation is 1. The van der Waals surface area contributed by atoms with Crippen LogP contribution in [-0.2, 0) is 20.8 Å². The number of nitrogens with one attached hydrogen (secondary N) is 2. The molecule has 2 aromatic carbocycles. The Morgan fingerprint density at radius 1 is 1.04 bits per heavy atom. The van der Waals surface area contributed by atoms with E-state index in [1.807, 2.05) is 49.4 Å². The molecule has 1 saturated heterocycles. The van der Waals surface area contributed by atoms with Crippen LogP contribution in [0, 0.1) is 17.3 Å². The van der Waals surface area contributed by atoms with Crippen LogP contribution in [0.1, 0.15) is 97.0 Å². The van der Waals surface area contributed by atoms with Crippen LogP contribution in [0.15, 0.2) is 61.2 Å². The average Bonchev–Trinajstić information content (AvgIpc) is 3.79. The van der Waals surface area contributed by atoms with Crippen LogP contribution < -0.4 is 25.8 Å². The van der Waals surface area contributed by atoms with Gasteiger partial charge in [-0.15, -0.1) is 6.58 Å². The highest BCUT2D eigenvalue weighted by Gasteiger charge is 2.60. The molecule has 3 aromatic rings. The second-order valence-electron chi connectivity index (χ2n) is 17.6. The number of nitrogens with two attached hydrogens (primary N) is 1. The maximum absolute atomic E-state index is 15.1. The Kier molecular flexibility index (Phi) is 11.0. The van der Waals surface area contributed by atoms with Gasteiger partial charge in [-0.25, -0.2) is 4.98 Å². The number of pyridine rings is 1. The van der Waals surface area contributed by atoms with E-state index >= 15 is 4.79 Å². The number of primary amides is 1. The molecule has 4 aliphatic rings. The first-order valence-electron chi connectivity index (χ1n) is 20.4. The summed E-state index contributed by atoms with van der Waals surface area (Å²) in [6.07, 6.45) is 12.4. The van der Waals surface area contributed by atoms with Gasteiger partial charge in [0.1, 0.15) is 28.7 Å². The molecule has 294 valence electrons. The minimum absolute atomic E-state index is 0.0828. The van der Waals surface area contributed by atoms with Gasteiger partial charge in [0.15, 0.2) is 0 Å². The number of fused-ring (bicyclic) bond motifs is 3. The van der Waals surface area contributed by atoms with E-state index in [2.05, 4.69) is 37.1 Å². The van der Waals surface area contributed by atoms with Gasteiger partial charge in [0.05, 0.1) is 30.9 Å². The van der Waals surface area contributed by atoms with Gasteiger partial charge in [0.25, 0.3) is 0 Å². The summed E-state index contributed by atoms with van der Waals surface area (Å²) in [5.41, 5.74) is 7.36. The number of carbonyl (C=O) groups is 3. The molecule has 0 spiro atoms. The SMILES string of the molecule is C=C[C@@H]1C[C@]1(NC(=O)[C@@H]1CC2(C)CN1C(=O)[C@H](C1CCCCC1)NCCCC(C)(C)CCCc1cc3c(cc(-c4ccccc4)nc3cc1OC)O2)C(N)=O. The normalized spacial score (nSPS) is 28.8. The second-order valence-corrected chi connectivity index (χ2v) is 17.6. The third-order valence-corrected chi connectivity index (χ3v) is 12.9. The third-order valence-electron chi connectivity index (χ3n) is 12.9. The number of methoxy groups -OCH3 is 1. The van der Waals surface area contributed by atoms with Crippen LogP contribution in [0.2, 0.25) is 0 Å². The van der Waals surface area contributed by atoms with Crippen LogP contribution in [0.5, 0.6) is 11.5 Å². The molecule has 7 rings (SSSR count). The molecule has 3 fully saturated rings. The largest absolute Gasteiger partial charge is 0.496 e. The Hall–Kier alpha value is -4.44. The number of benzene rings is 2. The summed E-state index contributed by atoms with van der Waals surface area (Å²) in [4.78, 5) is 49.1. The van der Waals surface area contributed by atoms with Gasteiger partial charge in [-0.05, 0) is 87.8 Å². The van der Waals surface area contributed by atoms with Crippen molar-refractivity contribution in [3.63, 3.8) is 0 Å². The molecule has 55 heavy (non-hydrogen) atoms. The third kappa shape index (κ3) is 8.11. The first kappa shape index (κ1) is 38.8. The predicted molar refractivity (Wildman–Crippen MR) is 216 cm³/mol. The molecule has 5 atom stereocenters. The Morgan fingerprint density at radius 2 is 1.78 bits per heavy atom. The van der Waals surface area contributed by atoms with Gasteiger partial charge in [-0.2, -0.15) is 0 Å². The van der Waals surface area contributed by atoms with Gasteiger partial charge < -0.3 is 30.7 Å². The molecular formula is C45H59N5O5.